The van der Waals surface area contributed by atoms with E-state index in [0.717, 1.165) is 38.5 Å². The van der Waals surface area contributed by atoms with Crippen molar-refractivity contribution in [1.82, 2.24) is 0 Å². The molecular formula is C54H94O32. The van der Waals surface area contributed by atoms with Crippen molar-refractivity contribution < 1.29 is 159 Å². The molecule has 30 atom stereocenters. The van der Waals surface area contributed by atoms with Crippen LogP contribution in [0.4, 0.5) is 0 Å². The van der Waals surface area contributed by atoms with Gasteiger partial charge in [-0.2, -0.15) is 0 Å². The maximum absolute atomic E-state index is 13.7. The molecule has 0 radical (unpaired) electrons. The van der Waals surface area contributed by atoms with Gasteiger partial charge in [-0.25, -0.2) is 0 Å². The average molecular weight is 1260 g/mol. The summed E-state index contributed by atoms with van der Waals surface area (Å²) >= 11 is 0. The fraction of sp³-hybridized carbons (Fsp3) is 0.944. The predicted molar refractivity (Wildman–Crippen MR) is 282 cm³/mol. The Morgan fingerprint density at radius 1 is 0.326 bits per heavy atom. The molecule has 0 aromatic rings. The van der Waals surface area contributed by atoms with Crippen LogP contribution in [-0.4, -0.2) is 327 Å². The molecular weight excluding hydrogens is 1160 g/mol. The first-order valence-corrected chi connectivity index (χ1v) is 29.7. The monoisotopic (exact) mass is 1250 g/mol. The molecule has 0 saturated carbocycles. The second-order valence-electron chi connectivity index (χ2n) is 22.6. The lowest BCUT2D eigenvalue weighted by atomic mass is 9.95. The van der Waals surface area contributed by atoms with Crippen LogP contribution in [0.2, 0.25) is 0 Å². The van der Waals surface area contributed by atoms with E-state index in [-0.39, 0.29) is 6.42 Å². The number of ether oxygens (including phenoxy) is 12. The van der Waals surface area contributed by atoms with E-state index in [1.54, 1.807) is 0 Å². The quantitative estimate of drug-likeness (QED) is 0.0169. The summed E-state index contributed by atoms with van der Waals surface area (Å²) in [4.78, 5) is 13.7. The lowest BCUT2D eigenvalue weighted by molar-refractivity contribution is -0.396. The van der Waals surface area contributed by atoms with Gasteiger partial charge in [0.1, 0.15) is 140 Å². The summed E-state index contributed by atoms with van der Waals surface area (Å²) < 4.78 is 68.3. The first kappa shape index (κ1) is 73.1. The molecule has 0 bridgehead atoms. The molecule has 6 saturated heterocycles. The number of hydrogen-bond donors (Lipinski definition) is 19. The second kappa shape index (κ2) is 35.7. The van der Waals surface area contributed by atoms with Crippen LogP contribution in [0.15, 0.2) is 12.2 Å². The molecule has 0 unspecified atom stereocenters. The topological polar surface area (TPSA) is 512 Å². The summed E-state index contributed by atoms with van der Waals surface area (Å²) in [6.07, 6.45) is -40.2. The van der Waals surface area contributed by atoms with Crippen LogP contribution in [-0.2, 0) is 61.6 Å². The highest BCUT2D eigenvalue weighted by Gasteiger charge is 2.58. The molecule has 502 valence electrons. The Morgan fingerprint density at radius 3 is 1.05 bits per heavy atom. The Kier molecular flexibility index (Phi) is 30.4. The highest BCUT2D eigenvalue weighted by Crippen LogP contribution is 2.37. The molecule has 32 nitrogen and oxygen atoms in total. The fourth-order valence-corrected chi connectivity index (χ4v) is 11.2. The lowest BCUT2D eigenvalue weighted by Gasteiger charge is -2.50. The number of rotatable bonds is 32. The summed E-state index contributed by atoms with van der Waals surface area (Å²) in [6, 6.07) is 0. The van der Waals surface area contributed by atoms with Gasteiger partial charge in [0.05, 0.1) is 39.6 Å². The lowest BCUT2D eigenvalue weighted by Crippen LogP contribution is -2.68. The van der Waals surface area contributed by atoms with Crippen molar-refractivity contribution >= 4 is 5.97 Å². The Balaban J connectivity index is 1.12. The van der Waals surface area contributed by atoms with Crippen LogP contribution in [0.3, 0.4) is 0 Å². The van der Waals surface area contributed by atoms with Crippen LogP contribution >= 0.6 is 0 Å². The summed E-state index contributed by atoms with van der Waals surface area (Å²) in [5.74, 6) is -0.908. The van der Waals surface area contributed by atoms with Crippen molar-refractivity contribution in [3.05, 3.63) is 12.2 Å². The summed E-state index contributed by atoms with van der Waals surface area (Å²) in [7, 11) is 0. The van der Waals surface area contributed by atoms with Crippen molar-refractivity contribution in [2.75, 3.05) is 39.6 Å². The van der Waals surface area contributed by atoms with Gasteiger partial charge < -0.3 is 154 Å². The summed E-state index contributed by atoms with van der Waals surface area (Å²) in [5, 5.41) is 203. The van der Waals surface area contributed by atoms with Crippen molar-refractivity contribution in [1.29, 1.82) is 0 Å². The van der Waals surface area contributed by atoms with Crippen molar-refractivity contribution in [2.45, 2.75) is 281 Å². The molecule has 0 aromatic carbocycles. The molecule has 0 aromatic heterocycles. The van der Waals surface area contributed by atoms with E-state index in [1.165, 1.54) is 32.1 Å². The Hall–Kier alpha value is -1.99. The second-order valence-corrected chi connectivity index (χ2v) is 22.6. The molecule has 0 aliphatic carbocycles. The van der Waals surface area contributed by atoms with E-state index >= 15 is 0 Å². The van der Waals surface area contributed by atoms with E-state index in [2.05, 4.69) is 19.1 Å². The van der Waals surface area contributed by atoms with E-state index in [1.807, 2.05) is 0 Å². The number of unbranched alkanes of at least 4 members (excludes halogenated alkanes) is 11. The first-order valence-electron chi connectivity index (χ1n) is 29.7. The Bertz CT molecular complexity index is 1940. The van der Waals surface area contributed by atoms with Crippen molar-refractivity contribution in [3.63, 3.8) is 0 Å². The van der Waals surface area contributed by atoms with Gasteiger partial charge in [-0.15, -0.1) is 0 Å². The minimum absolute atomic E-state index is 0.204. The Labute approximate surface area is 496 Å². The fourth-order valence-electron chi connectivity index (χ4n) is 11.2. The third kappa shape index (κ3) is 18.4. The van der Waals surface area contributed by atoms with Gasteiger partial charge in [-0.3, -0.25) is 4.79 Å². The van der Waals surface area contributed by atoms with Gasteiger partial charge in [0.25, 0.3) is 0 Å². The Morgan fingerprint density at radius 2 is 0.640 bits per heavy atom. The number of aliphatic hydroxyl groups is 19. The largest absolute Gasteiger partial charge is 0.454 e. The predicted octanol–water partition coefficient (Wildman–Crippen LogP) is -7.51. The molecule has 6 rings (SSSR count). The van der Waals surface area contributed by atoms with Crippen LogP contribution in [0.25, 0.3) is 0 Å². The van der Waals surface area contributed by atoms with Gasteiger partial charge in [0.15, 0.2) is 43.8 Å². The molecule has 19 N–H and O–H groups in total. The van der Waals surface area contributed by atoms with Crippen LogP contribution in [0.5, 0.6) is 0 Å². The van der Waals surface area contributed by atoms with E-state index in [9.17, 15) is 102 Å². The molecule has 86 heavy (non-hydrogen) atoms. The van der Waals surface area contributed by atoms with E-state index in [0.29, 0.717) is 12.8 Å². The highest BCUT2D eigenvalue weighted by atomic mass is 16.8. The molecule has 32 heteroatoms. The average Bonchev–Trinajstić information content (AvgIpc) is 0.934. The van der Waals surface area contributed by atoms with Gasteiger partial charge in [-0.1, -0.05) is 70.4 Å². The first-order chi connectivity index (χ1) is 41.2. The van der Waals surface area contributed by atoms with Gasteiger partial charge in [-0.05, 0) is 32.1 Å². The number of esters is 1. The zero-order chi connectivity index (χ0) is 62.9. The van der Waals surface area contributed by atoms with Gasteiger partial charge in [0, 0.05) is 6.42 Å². The number of hydrogen-bond acceptors (Lipinski definition) is 32. The zero-order valence-corrected chi connectivity index (χ0v) is 47.9. The highest BCUT2D eigenvalue weighted by molar-refractivity contribution is 5.69. The molecule has 6 heterocycles. The van der Waals surface area contributed by atoms with Crippen LogP contribution in [0, 0.1) is 0 Å². The molecule has 0 spiro atoms. The van der Waals surface area contributed by atoms with Crippen molar-refractivity contribution in [3.8, 4) is 0 Å². The maximum Gasteiger partial charge on any atom is 0.306 e. The van der Waals surface area contributed by atoms with Gasteiger partial charge >= 0.3 is 5.97 Å². The summed E-state index contributed by atoms with van der Waals surface area (Å²) in [6.45, 7) is -3.59. The third-order valence-corrected chi connectivity index (χ3v) is 16.3. The molecule has 6 aliphatic heterocycles. The minimum atomic E-state index is -2.22. The van der Waals surface area contributed by atoms with Gasteiger partial charge in [0.2, 0.25) is 0 Å². The van der Waals surface area contributed by atoms with E-state index < -0.39 is 230 Å². The summed E-state index contributed by atoms with van der Waals surface area (Å²) in [5.41, 5.74) is 0. The number of carbonyl (C=O) groups is 1. The number of aliphatic hydroxyl groups excluding tert-OH is 19. The zero-order valence-electron chi connectivity index (χ0n) is 47.9. The van der Waals surface area contributed by atoms with E-state index in [4.69, 9.17) is 56.8 Å². The maximum atomic E-state index is 13.7. The van der Waals surface area contributed by atoms with Crippen LogP contribution in [0.1, 0.15) is 96.8 Å². The minimum Gasteiger partial charge on any atom is -0.454 e. The normalized spacial score (nSPS) is 44.2. The smallest absolute Gasteiger partial charge is 0.306 e. The van der Waals surface area contributed by atoms with Crippen LogP contribution < -0.4 is 0 Å². The SMILES string of the molecule is CCCCCCCC/C=C\CCCCCCCC(=O)O[C@H]1[C@@H](O[C@H]2[C@H](O)[C@@H](O)[C@@H](O[C@H]3[C@H](O)[C@@H](O)[C@@H](O)O[C@@H]3CO)O[C@@H]2CO)O[C@H](CO)[C@@H](O[C@H]2O[C@H](CO)[C@@H](O[C@H]3O[C@H](CO)[C@@H](O[C@H]4O[C@H](CO)[C@@H](O)[C@H](O)[C@H]4O)[C@H](O)[C@H]3O)[C@H](O)[C@H]2O)[C@@H]1O. The molecule has 6 fully saturated rings. The standard InChI is InChI=1S/C54H94O32/c1-2-3-4-5-6-7-8-9-10-11-12-13-14-15-16-17-30(61)81-48-42(73)47(29(23-60)80-54(48)86-46-28(22-59)79-51(41(72)36(46)67)82-43-25(19-56)75-49(74)37(68)33(43)64)85-53-40(71)35(66)45(27(21-58)78-53)84-52-39(70)34(65)44(26(20-57)77-52)83-50-38(69)32(63)31(62)24(18-55)76-50/h9-10,24-29,31-60,62-74H,2-8,11-23H2,1H3/b10-9-/t24-,25-,26-,27-,28-,29-,31-,32+,33-,34-,35-,36-,37-,38-,39-,40-,41-,42+,43-,44-,45-,46-,47-,48-,49+,50-,51-,52-,53-,54-/m1/s1. The molecule has 6 aliphatic rings. The number of carbonyl (C=O) groups excluding carboxylic acids is 1. The third-order valence-electron chi connectivity index (χ3n) is 16.3. The molecule has 0 amide bonds. The van der Waals surface area contributed by atoms with Crippen molar-refractivity contribution in [2.24, 2.45) is 0 Å². The number of allylic oxidation sites excluding steroid dienone is 2.